The van der Waals surface area contributed by atoms with Gasteiger partial charge in [0.15, 0.2) is 0 Å². The van der Waals surface area contributed by atoms with E-state index in [1.807, 2.05) is 30.3 Å². The number of carbonyl (C=O) groups excluding carboxylic acids is 1. The molecule has 0 radical (unpaired) electrons. The van der Waals surface area contributed by atoms with Crippen LogP contribution in [0.15, 0.2) is 30.3 Å². The van der Waals surface area contributed by atoms with E-state index in [-0.39, 0.29) is 17.3 Å². The minimum Gasteiger partial charge on any atom is -0.460 e. The first-order chi connectivity index (χ1) is 8.38. The van der Waals surface area contributed by atoms with Gasteiger partial charge in [-0.1, -0.05) is 51.1 Å². The minimum absolute atomic E-state index is 0.108. The molecule has 0 fully saturated rings. The number of benzene rings is 1. The molecule has 1 aromatic carbocycles. The summed E-state index contributed by atoms with van der Waals surface area (Å²) in [6.07, 6.45) is 0. The molecule has 0 aliphatic heterocycles. The van der Waals surface area contributed by atoms with Crippen LogP contribution >= 0.6 is 11.8 Å². The van der Waals surface area contributed by atoms with Crippen molar-refractivity contribution < 1.29 is 9.53 Å². The number of rotatable bonds is 5. The van der Waals surface area contributed by atoms with Crippen LogP contribution in [0.3, 0.4) is 0 Å². The summed E-state index contributed by atoms with van der Waals surface area (Å²) in [4.78, 5) is 11.7. The van der Waals surface area contributed by atoms with Gasteiger partial charge in [0.25, 0.3) is 0 Å². The van der Waals surface area contributed by atoms with Gasteiger partial charge < -0.3 is 10.5 Å². The molecule has 0 saturated heterocycles. The second kappa shape index (κ2) is 6.81. The average molecular weight is 267 g/mol. The fourth-order valence-corrected chi connectivity index (χ4v) is 2.06. The second-order valence-electron chi connectivity index (χ2n) is 5.12. The molecule has 0 heterocycles. The molecular weight excluding hydrogens is 246 g/mol. The molecule has 0 saturated carbocycles. The third-order valence-corrected chi connectivity index (χ3v) is 3.61. The summed E-state index contributed by atoms with van der Waals surface area (Å²) < 4.78 is 5.29. The summed E-state index contributed by atoms with van der Waals surface area (Å²) in [7, 11) is 0. The Balaban J connectivity index is 2.32. The maximum atomic E-state index is 11.7. The molecule has 2 N–H and O–H groups in total. The van der Waals surface area contributed by atoms with E-state index in [0.717, 1.165) is 5.56 Å². The van der Waals surface area contributed by atoms with E-state index < -0.39 is 6.04 Å². The van der Waals surface area contributed by atoms with Gasteiger partial charge in [0.05, 0.1) is 0 Å². The summed E-state index contributed by atoms with van der Waals surface area (Å²) in [6, 6.07) is 9.04. The SMILES string of the molecule is CC(C)(C)SCC(N)C(=O)OCc1ccccc1. The van der Waals surface area contributed by atoms with Crippen molar-refractivity contribution in [1.29, 1.82) is 0 Å². The first-order valence-corrected chi connectivity index (χ1v) is 6.97. The maximum Gasteiger partial charge on any atom is 0.324 e. The number of hydrogen-bond acceptors (Lipinski definition) is 4. The Morgan fingerprint density at radius 1 is 1.33 bits per heavy atom. The summed E-state index contributed by atoms with van der Waals surface area (Å²) >= 11 is 1.67. The molecule has 1 rings (SSSR count). The Labute approximate surface area is 113 Å². The van der Waals surface area contributed by atoms with Crippen LogP contribution in [0.25, 0.3) is 0 Å². The first kappa shape index (κ1) is 15.1. The molecule has 4 heteroatoms. The largest absolute Gasteiger partial charge is 0.460 e. The molecule has 1 aromatic rings. The van der Waals surface area contributed by atoms with Crippen LogP contribution in [0.1, 0.15) is 26.3 Å². The number of ether oxygens (including phenoxy) is 1. The molecule has 3 nitrogen and oxygen atoms in total. The van der Waals surface area contributed by atoms with Crippen LogP contribution in [-0.4, -0.2) is 22.5 Å². The van der Waals surface area contributed by atoms with Crippen molar-refractivity contribution >= 4 is 17.7 Å². The lowest BCUT2D eigenvalue weighted by Gasteiger charge is -2.19. The van der Waals surface area contributed by atoms with Crippen LogP contribution in [0.4, 0.5) is 0 Å². The standard InChI is InChI=1S/C14H21NO2S/c1-14(2,3)18-10-12(15)13(16)17-9-11-7-5-4-6-8-11/h4-8,12H,9-10,15H2,1-3H3. The van der Waals surface area contributed by atoms with Crippen molar-refractivity contribution in [2.24, 2.45) is 5.73 Å². The monoisotopic (exact) mass is 267 g/mol. The topological polar surface area (TPSA) is 52.3 Å². The summed E-state index contributed by atoms with van der Waals surface area (Å²) in [5.74, 6) is 0.243. The van der Waals surface area contributed by atoms with E-state index in [1.165, 1.54) is 0 Å². The average Bonchev–Trinajstić information content (AvgIpc) is 2.33. The summed E-state index contributed by atoms with van der Waals surface area (Å²) in [6.45, 7) is 6.58. The summed E-state index contributed by atoms with van der Waals surface area (Å²) in [5.41, 5.74) is 6.77. The predicted octanol–water partition coefficient (Wildman–Crippen LogP) is 2.59. The van der Waals surface area contributed by atoms with E-state index in [4.69, 9.17) is 10.5 Å². The van der Waals surface area contributed by atoms with Crippen molar-refractivity contribution in [1.82, 2.24) is 0 Å². The van der Waals surface area contributed by atoms with Gasteiger partial charge in [-0.3, -0.25) is 4.79 Å². The Morgan fingerprint density at radius 3 is 2.50 bits per heavy atom. The number of esters is 1. The summed E-state index contributed by atoms with van der Waals surface area (Å²) in [5, 5.41) is 0. The molecule has 100 valence electrons. The highest BCUT2D eigenvalue weighted by atomic mass is 32.2. The fourth-order valence-electron chi connectivity index (χ4n) is 1.24. The Morgan fingerprint density at radius 2 is 1.94 bits per heavy atom. The lowest BCUT2D eigenvalue weighted by molar-refractivity contribution is -0.145. The zero-order chi connectivity index (χ0) is 13.6. The van der Waals surface area contributed by atoms with E-state index >= 15 is 0 Å². The van der Waals surface area contributed by atoms with Crippen molar-refractivity contribution in [2.45, 2.75) is 38.2 Å². The number of carbonyl (C=O) groups is 1. The van der Waals surface area contributed by atoms with Gasteiger partial charge in [-0.25, -0.2) is 0 Å². The van der Waals surface area contributed by atoms with Crippen molar-refractivity contribution in [2.75, 3.05) is 5.75 Å². The molecule has 18 heavy (non-hydrogen) atoms. The molecule has 1 atom stereocenters. The molecule has 0 aromatic heterocycles. The lowest BCUT2D eigenvalue weighted by atomic mass is 10.2. The van der Waals surface area contributed by atoms with Gasteiger partial charge in [0.2, 0.25) is 0 Å². The molecule has 0 bridgehead atoms. The minimum atomic E-state index is -0.557. The third-order valence-electron chi connectivity index (χ3n) is 2.22. The molecule has 0 amide bonds. The van der Waals surface area contributed by atoms with Gasteiger partial charge in [0, 0.05) is 10.5 Å². The van der Waals surface area contributed by atoms with Gasteiger partial charge >= 0.3 is 5.97 Å². The van der Waals surface area contributed by atoms with E-state index in [1.54, 1.807) is 11.8 Å². The van der Waals surface area contributed by atoms with E-state index in [9.17, 15) is 4.79 Å². The molecular formula is C14H21NO2S. The maximum absolute atomic E-state index is 11.7. The van der Waals surface area contributed by atoms with Crippen molar-refractivity contribution in [3.8, 4) is 0 Å². The Hall–Kier alpha value is -1.00. The third kappa shape index (κ3) is 6.07. The Bertz CT molecular complexity index is 373. The Kier molecular flexibility index (Phi) is 5.69. The number of nitrogens with two attached hydrogens (primary N) is 1. The molecule has 1 unspecified atom stereocenters. The van der Waals surface area contributed by atoms with Crippen molar-refractivity contribution in [3.05, 3.63) is 35.9 Å². The molecule has 0 spiro atoms. The quantitative estimate of drug-likeness (QED) is 0.833. The number of thioether (sulfide) groups is 1. The first-order valence-electron chi connectivity index (χ1n) is 5.98. The van der Waals surface area contributed by atoms with Gasteiger partial charge in [-0.15, -0.1) is 0 Å². The van der Waals surface area contributed by atoms with Gasteiger partial charge in [-0.05, 0) is 5.56 Å². The van der Waals surface area contributed by atoms with Gasteiger partial charge in [-0.2, -0.15) is 11.8 Å². The fraction of sp³-hybridized carbons (Fsp3) is 0.500. The zero-order valence-corrected chi connectivity index (χ0v) is 12.0. The molecule has 0 aliphatic carbocycles. The van der Waals surface area contributed by atoms with Crippen LogP contribution in [0.2, 0.25) is 0 Å². The molecule has 0 aliphatic rings. The highest BCUT2D eigenvalue weighted by Gasteiger charge is 2.19. The van der Waals surface area contributed by atoms with Crippen LogP contribution in [-0.2, 0) is 16.1 Å². The highest BCUT2D eigenvalue weighted by molar-refractivity contribution is 8.00. The smallest absolute Gasteiger partial charge is 0.324 e. The van der Waals surface area contributed by atoms with Crippen LogP contribution in [0.5, 0.6) is 0 Å². The lowest BCUT2D eigenvalue weighted by Crippen LogP contribution is -2.35. The second-order valence-corrected chi connectivity index (χ2v) is 6.97. The predicted molar refractivity (Wildman–Crippen MR) is 76.4 cm³/mol. The van der Waals surface area contributed by atoms with Crippen molar-refractivity contribution in [3.63, 3.8) is 0 Å². The van der Waals surface area contributed by atoms with Crippen LogP contribution < -0.4 is 5.73 Å². The van der Waals surface area contributed by atoms with E-state index in [0.29, 0.717) is 5.75 Å². The van der Waals surface area contributed by atoms with Gasteiger partial charge in [0.1, 0.15) is 12.6 Å². The highest BCUT2D eigenvalue weighted by Crippen LogP contribution is 2.23. The normalized spacial score (nSPS) is 13.1. The number of hydrogen-bond donors (Lipinski definition) is 1. The van der Waals surface area contributed by atoms with Crippen LogP contribution in [0, 0.1) is 0 Å². The van der Waals surface area contributed by atoms with E-state index in [2.05, 4.69) is 20.8 Å². The zero-order valence-electron chi connectivity index (χ0n) is 11.2.